The van der Waals surface area contributed by atoms with Crippen LogP contribution in [0.3, 0.4) is 0 Å². The van der Waals surface area contributed by atoms with Crippen molar-refractivity contribution in [3.05, 3.63) is 24.0 Å². The van der Waals surface area contributed by atoms with Crippen LogP contribution in [0.15, 0.2) is 18.3 Å². The summed E-state index contributed by atoms with van der Waals surface area (Å²) in [5, 5.41) is 0. The Hall–Kier alpha value is -1.01. The molecule has 2 heterocycles. The fraction of sp³-hybridized carbons (Fsp3) is 0.667. The normalized spacial score (nSPS) is 32.2. The lowest BCUT2D eigenvalue weighted by Crippen LogP contribution is -2.41. The second kappa shape index (κ2) is 4.05. The van der Waals surface area contributed by atoms with E-state index in [1.165, 1.54) is 0 Å². The molecule has 3 rings (SSSR count). The highest BCUT2D eigenvalue weighted by Gasteiger charge is 2.69. The molecule has 0 radical (unpaired) electrons. The molecule has 1 aromatic heterocycles. The summed E-state index contributed by atoms with van der Waals surface area (Å²) in [5.74, 6) is -2.67. The van der Waals surface area contributed by atoms with Crippen molar-refractivity contribution < 1.29 is 18.1 Å². The summed E-state index contributed by atoms with van der Waals surface area (Å²) < 4.78 is 38.9. The summed E-state index contributed by atoms with van der Waals surface area (Å²) in [7, 11) is -0.548. The Labute approximate surface area is 124 Å². The highest BCUT2D eigenvalue weighted by molar-refractivity contribution is 6.62. The van der Waals surface area contributed by atoms with Crippen molar-refractivity contribution >= 4 is 12.6 Å². The van der Waals surface area contributed by atoms with Crippen LogP contribution in [0, 0.1) is 0 Å². The quantitative estimate of drug-likeness (QED) is 0.786. The van der Waals surface area contributed by atoms with E-state index in [1.54, 1.807) is 25.3 Å². The molecule has 0 spiro atoms. The van der Waals surface area contributed by atoms with Gasteiger partial charge in [0, 0.05) is 12.6 Å². The number of rotatable bonds is 2. The van der Waals surface area contributed by atoms with Crippen LogP contribution in [0.1, 0.15) is 46.7 Å². The van der Waals surface area contributed by atoms with Gasteiger partial charge in [-0.05, 0) is 52.2 Å². The molecule has 1 aliphatic heterocycles. The minimum Gasteiger partial charge on any atom is -0.399 e. The first-order chi connectivity index (χ1) is 9.49. The van der Waals surface area contributed by atoms with Gasteiger partial charge in [0.1, 0.15) is 0 Å². The van der Waals surface area contributed by atoms with Gasteiger partial charge in [-0.2, -0.15) is 0 Å². The average Bonchev–Trinajstić information content (AvgIpc) is 2.78. The Balaban J connectivity index is 1.89. The molecule has 0 aromatic carbocycles. The number of hydrogen-bond donors (Lipinski definition) is 0. The van der Waals surface area contributed by atoms with Gasteiger partial charge in [0.2, 0.25) is 0 Å². The molecule has 1 saturated heterocycles. The molecule has 0 amide bonds. The van der Waals surface area contributed by atoms with Gasteiger partial charge >= 0.3 is 7.12 Å². The molecule has 1 aromatic rings. The summed E-state index contributed by atoms with van der Waals surface area (Å²) >= 11 is 0. The van der Waals surface area contributed by atoms with Gasteiger partial charge in [-0.1, -0.05) is 0 Å². The summed E-state index contributed by atoms with van der Waals surface area (Å²) in [6, 6.07) is 3.44. The molecule has 1 aliphatic carbocycles. The van der Waals surface area contributed by atoms with Gasteiger partial charge in [0.25, 0.3) is 5.92 Å². The van der Waals surface area contributed by atoms with E-state index in [1.807, 2.05) is 27.7 Å². The van der Waals surface area contributed by atoms with E-state index in [0.717, 1.165) is 5.46 Å². The fourth-order valence-electron chi connectivity index (χ4n) is 2.55. The van der Waals surface area contributed by atoms with Gasteiger partial charge in [0.15, 0.2) is 0 Å². The third-order valence-electron chi connectivity index (χ3n) is 5.13. The van der Waals surface area contributed by atoms with Crippen LogP contribution < -0.4 is 5.46 Å². The highest BCUT2D eigenvalue weighted by Crippen LogP contribution is 2.60. The summed E-state index contributed by atoms with van der Waals surface area (Å²) in [6.07, 6.45) is 1.40. The highest BCUT2D eigenvalue weighted by atomic mass is 19.3. The monoisotopic (exact) mass is 295 g/mol. The zero-order valence-corrected chi connectivity index (χ0v) is 13.0. The number of aromatic nitrogens is 1. The lowest BCUT2D eigenvalue weighted by molar-refractivity contribution is 0.00578. The molecule has 1 saturated carbocycles. The van der Waals surface area contributed by atoms with Crippen LogP contribution in [0.5, 0.6) is 0 Å². The first-order valence-electron chi connectivity index (χ1n) is 7.18. The van der Waals surface area contributed by atoms with Crippen molar-refractivity contribution in [2.24, 2.45) is 0 Å². The number of alkyl halides is 2. The van der Waals surface area contributed by atoms with E-state index in [0.29, 0.717) is 5.69 Å². The molecular formula is C15H20BF2NO2. The fourth-order valence-corrected chi connectivity index (χ4v) is 2.55. The molecule has 6 heteroatoms. The van der Waals surface area contributed by atoms with Gasteiger partial charge in [-0.15, -0.1) is 0 Å². The Kier molecular flexibility index (Phi) is 2.87. The predicted octanol–water partition coefficient (Wildman–Crippen LogP) is 2.68. The van der Waals surface area contributed by atoms with Gasteiger partial charge in [0.05, 0.1) is 22.3 Å². The molecule has 2 aliphatic rings. The van der Waals surface area contributed by atoms with Crippen molar-refractivity contribution in [2.75, 3.05) is 0 Å². The Morgan fingerprint density at radius 3 is 2.10 bits per heavy atom. The van der Waals surface area contributed by atoms with Crippen LogP contribution >= 0.6 is 0 Å². The number of pyridine rings is 1. The topological polar surface area (TPSA) is 31.4 Å². The van der Waals surface area contributed by atoms with Gasteiger partial charge in [-0.3, -0.25) is 4.98 Å². The summed E-state index contributed by atoms with van der Waals surface area (Å²) in [5.41, 5.74) is -0.919. The number of halogens is 2. The summed E-state index contributed by atoms with van der Waals surface area (Å²) in [6.45, 7) is 9.40. The molecule has 114 valence electrons. The molecule has 1 atom stereocenters. The molecule has 3 nitrogen and oxygen atoms in total. The van der Waals surface area contributed by atoms with E-state index in [9.17, 15) is 8.78 Å². The second-order valence-electron chi connectivity index (χ2n) is 7.28. The van der Waals surface area contributed by atoms with Crippen molar-refractivity contribution in [2.45, 2.75) is 63.6 Å². The van der Waals surface area contributed by atoms with E-state index in [4.69, 9.17) is 9.31 Å². The van der Waals surface area contributed by atoms with Crippen molar-refractivity contribution in [3.8, 4) is 0 Å². The van der Waals surface area contributed by atoms with Crippen LogP contribution in [-0.2, 0) is 14.7 Å². The van der Waals surface area contributed by atoms with E-state index in [2.05, 4.69) is 4.98 Å². The van der Waals surface area contributed by atoms with Gasteiger partial charge in [-0.25, -0.2) is 8.78 Å². The van der Waals surface area contributed by atoms with Gasteiger partial charge < -0.3 is 9.31 Å². The Morgan fingerprint density at radius 1 is 1.10 bits per heavy atom. The molecule has 2 fully saturated rings. The predicted molar refractivity (Wildman–Crippen MR) is 76.9 cm³/mol. The SMILES string of the molecule is CC1(C)OB(c2ccnc(C3(C)CC3(F)F)c2)OC1(C)C. The van der Waals surface area contributed by atoms with Crippen LogP contribution in [0.25, 0.3) is 0 Å². The maximum Gasteiger partial charge on any atom is 0.494 e. The maximum atomic E-state index is 13.5. The van der Waals surface area contributed by atoms with E-state index >= 15 is 0 Å². The van der Waals surface area contributed by atoms with Crippen molar-refractivity contribution in [3.63, 3.8) is 0 Å². The first kappa shape index (κ1) is 14.9. The second-order valence-corrected chi connectivity index (χ2v) is 7.28. The lowest BCUT2D eigenvalue weighted by atomic mass is 9.78. The molecular weight excluding hydrogens is 275 g/mol. The van der Waals surface area contributed by atoms with Crippen molar-refractivity contribution in [1.29, 1.82) is 0 Å². The van der Waals surface area contributed by atoms with E-state index < -0.39 is 29.7 Å². The third-order valence-corrected chi connectivity index (χ3v) is 5.13. The number of hydrogen-bond acceptors (Lipinski definition) is 3. The lowest BCUT2D eigenvalue weighted by Gasteiger charge is -2.32. The Morgan fingerprint density at radius 2 is 1.62 bits per heavy atom. The Bertz CT molecular complexity index is 575. The largest absolute Gasteiger partial charge is 0.494 e. The van der Waals surface area contributed by atoms with Crippen LogP contribution in [0.4, 0.5) is 8.78 Å². The maximum absolute atomic E-state index is 13.5. The zero-order valence-electron chi connectivity index (χ0n) is 13.0. The minimum absolute atomic E-state index is 0.153. The minimum atomic E-state index is -2.67. The summed E-state index contributed by atoms with van der Waals surface area (Å²) in [4.78, 5) is 4.12. The smallest absolute Gasteiger partial charge is 0.399 e. The molecule has 21 heavy (non-hydrogen) atoms. The third kappa shape index (κ3) is 2.11. The van der Waals surface area contributed by atoms with Crippen LogP contribution in [-0.4, -0.2) is 29.2 Å². The van der Waals surface area contributed by atoms with Crippen LogP contribution in [0.2, 0.25) is 0 Å². The zero-order chi connectivity index (χ0) is 15.7. The molecule has 1 unspecified atom stereocenters. The average molecular weight is 295 g/mol. The van der Waals surface area contributed by atoms with E-state index in [-0.39, 0.29) is 6.42 Å². The molecule has 0 N–H and O–H groups in total. The molecule has 0 bridgehead atoms. The first-order valence-corrected chi connectivity index (χ1v) is 7.18. The number of nitrogens with zero attached hydrogens (tertiary/aromatic N) is 1. The van der Waals surface area contributed by atoms with Crippen molar-refractivity contribution in [1.82, 2.24) is 4.98 Å². The standard InChI is InChI=1S/C15H20BF2NO2/c1-12(2)13(3,4)21-16(20-12)10-6-7-19-11(8-10)14(5)9-15(14,17)18/h6-8H,9H2,1-5H3.